The van der Waals surface area contributed by atoms with E-state index in [2.05, 4.69) is 36.7 Å². The number of halogens is 1. The van der Waals surface area contributed by atoms with Crippen molar-refractivity contribution in [2.45, 2.75) is 32.9 Å². The second-order valence-electron chi connectivity index (χ2n) is 5.45. The average molecular weight is 338 g/mol. The molecule has 1 aromatic heterocycles. The van der Waals surface area contributed by atoms with Crippen molar-refractivity contribution in [2.24, 2.45) is 0 Å². The Bertz CT molecular complexity index is 600. The van der Waals surface area contributed by atoms with Gasteiger partial charge in [0.1, 0.15) is 6.54 Å². The highest BCUT2D eigenvalue weighted by Crippen LogP contribution is 2.17. The van der Waals surface area contributed by atoms with E-state index in [-0.39, 0.29) is 18.0 Å². The molecule has 1 aromatic carbocycles. The van der Waals surface area contributed by atoms with Gasteiger partial charge < -0.3 is 5.32 Å². The number of rotatable bonds is 3. The molecule has 1 amide bonds. The second-order valence-corrected chi connectivity index (χ2v) is 6.36. The Morgan fingerprint density at radius 3 is 2.55 bits per heavy atom. The molecular formula is C13H16BrN5O. The third-order valence-electron chi connectivity index (χ3n) is 2.35. The van der Waals surface area contributed by atoms with Crippen LogP contribution in [0, 0.1) is 0 Å². The summed E-state index contributed by atoms with van der Waals surface area (Å²) in [7, 11) is 0. The Hall–Kier alpha value is -1.76. The van der Waals surface area contributed by atoms with Crippen LogP contribution in [0.5, 0.6) is 0 Å². The summed E-state index contributed by atoms with van der Waals surface area (Å²) in [5, 5.41) is 14.9. The van der Waals surface area contributed by atoms with Crippen molar-refractivity contribution >= 4 is 21.8 Å². The highest BCUT2D eigenvalue weighted by Gasteiger charge is 2.15. The Labute approximate surface area is 125 Å². The van der Waals surface area contributed by atoms with Gasteiger partial charge in [-0.15, -0.1) is 10.2 Å². The molecule has 0 aliphatic heterocycles. The summed E-state index contributed by atoms with van der Waals surface area (Å²) in [6.45, 7) is 5.83. The highest BCUT2D eigenvalue weighted by molar-refractivity contribution is 9.10. The van der Waals surface area contributed by atoms with Crippen molar-refractivity contribution in [1.82, 2.24) is 25.5 Å². The molecule has 20 heavy (non-hydrogen) atoms. The maximum Gasteiger partial charge on any atom is 0.244 e. The van der Waals surface area contributed by atoms with Crippen molar-refractivity contribution in [2.75, 3.05) is 0 Å². The molecule has 0 aliphatic carbocycles. The van der Waals surface area contributed by atoms with Crippen molar-refractivity contribution in [3.63, 3.8) is 0 Å². The zero-order valence-electron chi connectivity index (χ0n) is 11.6. The number of hydrogen-bond donors (Lipinski definition) is 1. The quantitative estimate of drug-likeness (QED) is 0.929. The molecule has 0 aliphatic rings. The highest BCUT2D eigenvalue weighted by atomic mass is 79.9. The standard InChI is InChI=1S/C13H16BrN5O/c1-13(2,3)15-11(20)8-19-17-12(16-18-19)9-4-6-10(14)7-5-9/h4-7H,8H2,1-3H3,(H,15,20). The summed E-state index contributed by atoms with van der Waals surface area (Å²) in [6, 6.07) is 7.59. The summed E-state index contributed by atoms with van der Waals surface area (Å²) in [4.78, 5) is 13.1. The van der Waals surface area contributed by atoms with Gasteiger partial charge in [0.15, 0.2) is 0 Å². The van der Waals surface area contributed by atoms with Gasteiger partial charge in [0, 0.05) is 15.6 Å². The lowest BCUT2D eigenvalue weighted by Crippen LogP contribution is -2.42. The third kappa shape index (κ3) is 4.12. The minimum absolute atomic E-state index is 0.0563. The van der Waals surface area contributed by atoms with Gasteiger partial charge in [-0.25, -0.2) is 0 Å². The van der Waals surface area contributed by atoms with Crippen LogP contribution in [0.4, 0.5) is 0 Å². The van der Waals surface area contributed by atoms with Crippen LogP contribution in [0.3, 0.4) is 0 Å². The van der Waals surface area contributed by atoms with E-state index in [1.165, 1.54) is 4.80 Å². The van der Waals surface area contributed by atoms with Crippen LogP contribution in [0.25, 0.3) is 11.4 Å². The van der Waals surface area contributed by atoms with Gasteiger partial charge in [-0.05, 0) is 50.3 Å². The number of aromatic nitrogens is 4. The predicted octanol–water partition coefficient (Wildman–Crippen LogP) is 2.02. The lowest BCUT2D eigenvalue weighted by atomic mass is 10.1. The van der Waals surface area contributed by atoms with Gasteiger partial charge in [-0.1, -0.05) is 15.9 Å². The number of hydrogen-bond acceptors (Lipinski definition) is 4. The van der Waals surface area contributed by atoms with Gasteiger partial charge in [0.05, 0.1) is 0 Å². The normalized spacial score (nSPS) is 11.4. The average Bonchev–Trinajstić information content (AvgIpc) is 2.75. The SMILES string of the molecule is CC(C)(C)NC(=O)Cn1nnc(-c2ccc(Br)cc2)n1. The van der Waals surface area contributed by atoms with E-state index in [0.717, 1.165) is 10.0 Å². The summed E-state index contributed by atoms with van der Waals surface area (Å²) in [6.07, 6.45) is 0. The van der Waals surface area contributed by atoms with Crippen molar-refractivity contribution < 1.29 is 4.79 Å². The first-order chi connectivity index (χ1) is 9.33. The van der Waals surface area contributed by atoms with Crippen LogP contribution in [0.2, 0.25) is 0 Å². The van der Waals surface area contributed by atoms with Crippen LogP contribution in [0.15, 0.2) is 28.7 Å². The molecule has 0 bridgehead atoms. The maximum absolute atomic E-state index is 11.8. The van der Waals surface area contributed by atoms with Gasteiger partial charge in [0.2, 0.25) is 11.7 Å². The number of nitrogens with zero attached hydrogens (tertiary/aromatic N) is 4. The number of tetrazole rings is 1. The maximum atomic E-state index is 11.8. The number of carbonyl (C=O) groups excluding carboxylic acids is 1. The molecule has 106 valence electrons. The summed E-state index contributed by atoms with van der Waals surface area (Å²) < 4.78 is 0.984. The molecule has 0 saturated carbocycles. The predicted molar refractivity (Wildman–Crippen MR) is 78.8 cm³/mol. The first-order valence-electron chi connectivity index (χ1n) is 6.18. The summed E-state index contributed by atoms with van der Waals surface area (Å²) in [5.74, 6) is 0.360. The fraction of sp³-hybridized carbons (Fsp3) is 0.385. The topological polar surface area (TPSA) is 72.7 Å². The van der Waals surface area contributed by atoms with Gasteiger partial charge in [0.25, 0.3) is 0 Å². The molecule has 6 nitrogen and oxygen atoms in total. The lowest BCUT2D eigenvalue weighted by Gasteiger charge is -2.19. The van der Waals surface area contributed by atoms with E-state index in [9.17, 15) is 4.79 Å². The molecular weight excluding hydrogens is 322 g/mol. The fourth-order valence-electron chi connectivity index (χ4n) is 1.61. The molecule has 0 spiro atoms. The number of carbonyl (C=O) groups is 1. The van der Waals surface area contributed by atoms with Crippen LogP contribution in [-0.4, -0.2) is 31.7 Å². The first kappa shape index (κ1) is 14.6. The Balaban J connectivity index is 2.06. The minimum atomic E-state index is -0.272. The van der Waals surface area contributed by atoms with E-state index < -0.39 is 0 Å². The molecule has 1 heterocycles. The van der Waals surface area contributed by atoms with E-state index >= 15 is 0 Å². The van der Waals surface area contributed by atoms with Crippen molar-refractivity contribution in [3.05, 3.63) is 28.7 Å². The molecule has 7 heteroatoms. The number of nitrogens with one attached hydrogen (secondary N) is 1. The van der Waals surface area contributed by atoms with Gasteiger partial charge >= 0.3 is 0 Å². The summed E-state index contributed by atoms with van der Waals surface area (Å²) in [5.41, 5.74) is 0.585. The smallest absolute Gasteiger partial charge is 0.244 e. The van der Waals surface area contributed by atoms with Gasteiger partial charge in [-0.3, -0.25) is 4.79 Å². The largest absolute Gasteiger partial charge is 0.350 e. The van der Waals surface area contributed by atoms with Gasteiger partial charge in [-0.2, -0.15) is 4.80 Å². The van der Waals surface area contributed by atoms with Crippen molar-refractivity contribution in [1.29, 1.82) is 0 Å². The number of benzene rings is 1. The van der Waals surface area contributed by atoms with Crippen LogP contribution in [0.1, 0.15) is 20.8 Å². The van der Waals surface area contributed by atoms with Crippen LogP contribution in [-0.2, 0) is 11.3 Å². The van der Waals surface area contributed by atoms with Crippen LogP contribution >= 0.6 is 15.9 Å². The Kier molecular flexibility index (Phi) is 4.17. The zero-order valence-corrected chi connectivity index (χ0v) is 13.2. The van der Waals surface area contributed by atoms with E-state index in [0.29, 0.717) is 5.82 Å². The lowest BCUT2D eigenvalue weighted by molar-refractivity contribution is -0.123. The molecule has 2 aromatic rings. The monoisotopic (exact) mass is 337 g/mol. The third-order valence-corrected chi connectivity index (χ3v) is 2.88. The first-order valence-corrected chi connectivity index (χ1v) is 6.97. The molecule has 0 fully saturated rings. The second kappa shape index (κ2) is 5.70. The van der Waals surface area contributed by atoms with E-state index in [4.69, 9.17) is 0 Å². The number of amides is 1. The van der Waals surface area contributed by atoms with Crippen molar-refractivity contribution in [3.8, 4) is 11.4 Å². The molecule has 1 N–H and O–H groups in total. The fourth-order valence-corrected chi connectivity index (χ4v) is 1.88. The molecule has 0 radical (unpaired) electrons. The molecule has 0 unspecified atom stereocenters. The molecule has 2 rings (SSSR count). The van der Waals surface area contributed by atoms with E-state index in [1.807, 2.05) is 45.0 Å². The zero-order chi connectivity index (χ0) is 14.8. The molecule has 0 atom stereocenters. The Morgan fingerprint density at radius 1 is 1.30 bits per heavy atom. The molecule has 0 saturated heterocycles. The Morgan fingerprint density at radius 2 is 1.95 bits per heavy atom. The van der Waals surface area contributed by atoms with E-state index in [1.54, 1.807) is 0 Å². The minimum Gasteiger partial charge on any atom is -0.350 e. The van der Waals surface area contributed by atoms with Crippen LogP contribution < -0.4 is 5.32 Å². The summed E-state index contributed by atoms with van der Waals surface area (Å²) >= 11 is 3.37.